The second-order valence-corrected chi connectivity index (χ2v) is 4.23. The molecule has 1 heterocycles. The molecule has 1 aliphatic rings. The second-order valence-electron chi connectivity index (χ2n) is 4.23. The molecule has 0 spiro atoms. The van der Waals surface area contributed by atoms with Crippen LogP contribution in [0.25, 0.3) is 0 Å². The molecule has 1 aliphatic heterocycles. The third kappa shape index (κ3) is 3.05. The third-order valence-electron chi connectivity index (χ3n) is 2.92. The number of nitrogens with one attached hydrogen (secondary N) is 1. The van der Waals surface area contributed by atoms with Crippen molar-refractivity contribution in [1.82, 2.24) is 4.90 Å². The van der Waals surface area contributed by atoms with Gasteiger partial charge in [0.05, 0.1) is 24.4 Å². The predicted octanol–water partition coefficient (Wildman–Crippen LogP) is 0.876. The molecule has 1 aromatic rings. The molecule has 0 radical (unpaired) electrons. The van der Waals surface area contributed by atoms with Crippen LogP contribution in [0.3, 0.4) is 0 Å². The predicted molar refractivity (Wildman–Crippen MR) is 69.1 cm³/mol. The number of ether oxygens (including phenoxy) is 1. The lowest BCUT2D eigenvalue weighted by molar-refractivity contribution is -0.154. The monoisotopic (exact) mass is 275 g/mol. The number of urea groups is 1. The summed E-state index contributed by atoms with van der Waals surface area (Å²) in [5.74, 6) is -1.10. The Morgan fingerprint density at radius 1 is 1.45 bits per heavy atom. The number of anilines is 1. The fraction of sp³-hybridized carbons (Fsp3) is 0.308. The van der Waals surface area contributed by atoms with E-state index in [-0.39, 0.29) is 13.2 Å². The van der Waals surface area contributed by atoms with Crippen LogP contribution in [0.2, 0.25) is 0 Å². The Kier molecular flexibility index (Phi) is 4.17. The van der Waals surface area contributed by atoms with E-state index in [4.69, 9.17) is 15.1 Å². The minimum Gasteiger partial charge on any atom is -0.479 e. The maximum absolute atomic E-state index is 12.1. The van der Waals surface area contributed by atoms with Crippen molar-refractivity contribution in [3.63, 3.8) is 0 Å². The van der Waals surface area contributed by atoms with Gasteiger partial charge in [-0.1, -0.05) is 12.1 Å². The molecular formula is C13H13N3O4. The van der Waals surface area contributed by atoms with Crippen molar-refractivity contribution in [3.8, 4) is 6.07 Å². The molecule has 1 aromatic carbocycles. The zero-order chi connectivity index (χ0) is 14.5. The number of aliphatic carboxylic acids is 1. The fourth-order valence-electron chi connectivity index (χ4n) is 1.87. The van der Waals surface area contributed by atoms with Gasteiger partial charge in [0.25, 0.3) is 0 Å². The average molecular weight is 275 g/mol. The first kappa shape index (κ1) is 13.8. The van der Waals surface area contributed by atoms with E-state index in [1.54, 1.807) is 24.3 Å². The number of benzene rings is 1. The van der Waals surface area contributed by atoms with E-state index in [0.29, 0.717) is 17.8 Å². The number of nitrogens with zero attached hydrogens (tertiary/aromatic N) is 2. The van der Waals surface area contributed by atoms with Gasteiger partial charge in [-0.05, 0) is 12.1 Å². The first-order valence-corrected chi connectivity index (χ1v) is 6.01. The van der Waals surface area contributed by atoms with Gasteiger partial charge in [0.2, 0.25) is 0 Å². The summed E-state index contributed by atoms with van der Waals surface area (Å²) in [5, 5.41) is 20.4. The SMILES string of the molecule is N#Cc1ccccc1NC(=O)N1CCOC(C(=O)O)C1. The number of carbonyl (C=O) groups is 2. The van der Waals surface area contributed by atoms with Gasteiger partial charge in [0.1, 0.15) is 6.07 Å². The van der Waals surface area contributed by atoms with Gasteiger partial charge >= 0.3 is 12.0 Å². The first-order chi connectivity index (χ1) is 9.61. The van der Waals surface area contributed by atoms with Crippen LogP contribution in [0.5, 0.6) is 0 Å². The van der Waals surface area contributed by atoms with Gasteiger partial charge in [-0.25, -0.2) is 9.59 Å². The number of rotatable bonds is 2. The Labute approximate surface area is 115 Å². The van der Waals surface area contributed by atoms with E-state index in [1.807, 2.05) is 6.07 Å². The molecule has 20 heavy (non-hydrogen) atoms. The molecule has 1 saturated heterocycles. The number of para-hydroxylation sites is 1. The molecule has 7 heteroatoms. The van der Waals surface area contributed by atoms with Crippen molar-refractivity contribution in [2.24, 2.45) is 0 Å². The number of carboxylic acid groups (broad SMARTS) is 1. The normalized spacial score (nSPS) is 18.1. The Bertz CT molecular complexity index is 567. The standard InChI is InChI=1S/C13H13N3O4/c14-7-9-3-1-2-4-10(9)15-13(19)16-5-6-20-11(8-16)12(17)18/h1-4,11H,5-6,8H2,(H,15,19)(H,17,18). The fourth-order valence-corrected chi connectivity index (χ4v) is 1.87. The maximum Gasteiger partial charge on any atom is 0.334 e. The highest BCUT2D eigenvalue weighted by atomic mass is 16.5. The molecule has 7 nitrogen and oxygen atoms in total. The van der Waals surface area contributed by atoms with Crippen LogP contribution in [0.4, 0.5) is 10.5 Å². The summed E-state index contributed by atoms with van der Waals surface area (Å²) in [5.41, 5.74) is 0.752. The molecule has 1 atom stereocenters. The van der Waals surface area contributed by atoms with Crippen molar-refractivity contribution in [3.05, 3.63) is 29.8 Å². The average Bonchev–Trinajstić information content (AvgIpc) is 2.48. The number of nitriles is 1. The highest BCUT2D eigenvalue weighted by Crippen LogP contribution is 2.15. The first-order valence-electron chi connectivity index (χ1n) is 6.01. The van der Waals surface area contributed by atoms with Crippen LogP contribution >= 0.6 is 0 Å². The lowest BCUT2D eigenvalue weighted by Crippen LogP contribution is -2.49. The Morgan fingerprint density at radius 2 is 2.20 bits per heavy atom. The van der Waals surface area contributed by atoms with Crippen molar-refractivity contribution < 1.29 is 19.4 Å². The smallest absolute Gasteiger partial charge is 0.334 e. The van der Waals surface area contributed by atoms with E-state index in [9.17, 15) is 9.59 Å². The van der Waals surface area contributed by atoms with Crippen molar-refractivity contribution in [1.29, 1.82) is 5.26 Å². The highest BCUT2D eigenvalue weighted by Gasteiger charge is 2.29. The lowest BCUT2D eigenvalue weighted by atomic mass is 10.2. The quantitative estimate of drug-likeness (QED) is 0.833. The van der Waals surface area contributed by atoms with Crippen LogP contribution in [0.1, 0.15) is 5.56 Å². The van der Waals surface area contributed by atoms with Crippen molar-refractivity contribution in [2.45, 2.75) is 6.10 Å². The number of amides is 2. The summed E-state index contributed by atoms with van der Waals surface area (Å²) >= 11 is 0. The van der Waals surface area contributed by atoms with Crippen molar-refractivity contribution in [2.75, 3.05) is 25.0 Å². The van der Waals surface area contributed by atoms with Gasteiger partial charge in [-0.2, -0.15) is 5.26 Å². The minimum atomic E-state index is -1.10. The largest absolute Gasteiger partial charge is 0.479 e. The molecule has 2 N–H and O–H groups in total. The van der Waals surface area contributed by atoms with E-state index in [2.05, 4.69) is 5.32 Å². The van der Waals surface area contributed by atoms with Gasteiger partial charge in [0, 0.05) is 6.54 Å². The minimum absolute atomic E-state index is 0.0180. The van der Waals surface area contributed by atoms with Crippen LogP contribution in [-0.4, -0.2) is 47.8 Å². The Balaban J connectivity index is 2.05. The number of carboxylic acids is 1. The number of carbonyl (C=O) groups excluding carboxylic acids is 1. The Hall–Kier alpha value is -2.59. The molecule has 0 aromatic heterocycles. The molecule has 104 valence electrons. The zero-order valence-electron chi connectivity index (χ0n) is 10.6. The molecule has 0 saturated carbocycles. The van der Waals surface area contributed by atoms with E-state index >= 15 is 0 Å². The lowest BCUT2D eigenvalue weighted by Gasteiger charge is -2.30. The summed E-state index contributed by atoms with van der Waals surface area (Å²) < 4.78 is 5.04. The molecule has 2 rings (SSSR count). The third-order valence-corrected chi connectivity index (χ3v) is 2.92. The van der Waals surface area contributed by atoms with Gasteiger partial charge in [-0.15, -0.1) is 0 Å². The number of hydrogen-bond donors (Lipinski definition) is 2. The maximum atomic E-state index is 12.1. The molecule has 1 fully saturated rings. The topological polar surface area (TPSA) is 103 Å². The summed E-state index contributed by atoms with van der Waals surface area (Å²) in [6.07, 6.45) is -1.01. The van der Waals surface area contributed by atoms with Crippen LogP contribution in [-0.2, 0) is 9.53 Å². The van der Waals surface area contributed by atoms with Crippen LogP contribution < -0.4 is 5.32 Å². The zero-order valence-corrected chi connectivity index (χ0v) is 10.6. The van der Waals surface area contributed by atoms with E-state index < -0.39 is 18.1 Å². The highest BCUT2D eigenvalue weighted by molar-refractivity contribution is 5.91. The van der Waals surface area contributed by atoms with Crippen molar-refractivity contribution >= 4 is 17.7 Å². The molecule has 2 amide bonds. The summed E-state index contributed by atoms with van der Waals surface area (Å²) in [6.45, 7) is 0.463. The van der Waals surface area contributed by atoms with Crippen LogP contribution in [0.15, 0.2) is 24.3 Å². The van der Waals surface area contributed by atoms with Gasteiger partial charge in [-0.3, -0.25) is 0 Å². The van der Waals surface area contributed by atoms with Gasteiger partial charge in [0.15, 0.2) is 6.10 Å². The summed E-state index contributed by atoms with van der Waals surface area (Å²) in [6, 6.07) is 8.15. The second kappa shape index (κ2) is 6.04. The molecule has 0 aliphatic carbocycles. The number of morpholine rings is 1. The molecular weight excluding hydrogens is 262 g/mol. The molecule has 0 bridgehead atoms. The Morgan fingerprint density at radius 3 is 2.90 bits per heavy atom. The van der Waals surface area contributed by atoms with E-state index in [0.717, 1.165) is 0 Å². The van der Waals surface area contributed by atoms with Crippen LogP contribution in [0, 0.1) is 11.3 Å². The van der Waals surface area contributed by atoms with E-state index in [1.165, 1.54) is 4.90 Å². The summed E-state index contributed by atoms with van der Waals surface area (Å²) in [4.78, 5) is 24.3. The molecule has 1 unspecified atom stereocenters. The number of hydrogen-bond acceptors (Lipinski definition) is 4. The summed E-state index contributed by atoms with van der Waals surface area (Å²) in [7, 11) is 0. The van der Waals surface area contributed by atoms with Gasteiger partial charge < -0.3 is 20.1 Å².